The number of nitrogens with zero attached hydrogens (tertiary/aromatic N) is 2. The first-order chi connectivity index (χ1) is 5.84. The highest BCUT2D eigenvalue weighted by Gasteiger charge is 2.18. The van der Waals surface area contributed by atoms with Gasteiger partial charge in [0.2, 0.25) is 15.0 Å². The fraction of sp³-hybridized carbons (Fsp3) is 0.625. The molecular formula is C8H14N2O2S. The van der Waals surface area contributed by atoms with Crippen LogP contribution in [-0.2, 0) is 9.84 Å². The molecule has 0 radical (unpaired) electrons. The fourth-order valence-corrected chi connectivity index (χ4v) is 2.28. The lowest BCUT2D eigenvalue weighted by atomic mass is 10.4. The van der Waals surface area contributed by atoms with E-state index < -0.39 is 9.84 Å². The zero-order valence-electron chi connectivity index (χ0n) is 8.27. The Morgan fingerprint density at radius 1 is 1.46 bits per heavy atom. The molecule has 1 aromatic rings. The summed E-state index contributed by atoms with van der Waals surface area (Å²) in [5.41, 5.74) is 0.871. The van der Waals surface area contributed by atoms with Gasteiger partial charge in [-0.1, -0.05) is 0 Å². The van der Waals surface area contributed by atoms with E-state index in [1.807, 2.05) is 20.8 Å². The summed E-state index contributed by atoms with van der Waals surface area (Å²) < 4.78 is 24.3. The van der Waals surface area contributed by atoms with Crippen LogP contribution in [0.3, 0.4) is 0 Å². The second-order valence-corrected chi connectivity index (χ2v) is 5.33. The van der Waals surface area contributed by atoms with Gasteiger partial charge in [-0.05, 0) is 20.8 Å². The number of rotatable bonds is 2. The molecule has 5 heteroatoms. The van der Waals surface area contributed by atoms with E-state index in [0.717, 1.165) is 5.69 Å². The lowest BCUT2D eigenvalue weighted by Gasteiger charge is -2.12. The molecule has 0 saturated heterocycles. The molecule has 0 N–H and O–H groups in total. The third-order valence-electron chi connectivity index (χ3n) is 1.80. The van der Waals surface area contributed by atoms with Crippen LogP contribution in [-0.4, -0.2) is 24.2 Å². The maximum absolute atomic E-state index is 11.3. The predicted octanol–water partition coefficient (Wildman–Crippen LogP) is 1.18. The molecule has 0 spiro atoms. The maximum atomic E-state index is 11.3. The highest BCUT2D eigenvalue weighted by atomic mass is 32.2. The van der Waals surface area contributed by atoms with E-state index in [2.05, 4.69) is 4.98 Å². The van der Waals surface area contributed by atoms with Crippen LogP contribution >= 0.6 is 0 Å². The molecule has 0 aliphatic rings. The molecule has 1 heterocycles. The van der Waals surface area contributed by atoms with Gasteiger partial charge in [0.15, 0.2) is 0 Å². The molecule has 0 aromatic carbocycles. The van der Waals surface area contributed by atoms with E-state index in [0.29, 0.717) is 0 Å². The highest BCUT2D eigenvalue weighted by Crippen LogP contribution is 2.16. The Bertz CT molecular complexity index is 404. The van der Waals surface area contributed by atoms with Crippen molar-refractivity contribution < 1.29 is 8.42 Å². The summed E-state index contributed by atoms with van der Waals surface area (Å²) in [7, 11) is -3.21. The highest BCUT2D eigenvalue weighted by molar-refractivity contribution is 7.90. The Balaban J connectivity index is 3.40. The van der Waals surface area contributed by atoms with Crippen LogP contribution in [0.4, 0.5) is 0 Å². The Morgan fingerprint density at radius 3 is 2.31 bits per heavy atom. The van der Waals surface area contributed by atoms with Crippen molar-refractivity contribution in [2.75, 3.05) is 6.26 Å². The summed E-state index contributed by atoms with van der Waals surface area (Å²) in [5.74, 6) is 0. The molecule has 1 aromatic heterocycles. The van der Waals surface area contributed by atoms with Crippen LogP contribution in [0.5, 0.6) is 0 Å². The molecule has 0 aliphatic heterocycles. The van der Waals surface area contributed by atoms with Gasteiger partial charge < -0.3 is 4.57 Å². The van der Waals surface area contributed by atoms with E-state index in [9.17, 15) is 8.42 Å². The van der Waals surface area contributed by atoms with E-state index in [1.165, 1.54) is 6.26 Å². The van der Waals surface area contributed by atoms with Crippen molar-refractivity contribution >= 4 is 9.84 Å². The summed E-state index contributed by atoms with van der Waals surface area (Å²) in [6, 6.07) is 0.118. The molecule has 0 saturated carbocycles. The number of aromatic nitrogens is 2. The Morgan fingerprint density at radius 2 is 2.00 bits per heavy atom. The Hall–Kier alpha value is -0.840. The van der Waals surface area contributed by atoms with Crippen molar-refractivity contribution in [2.45, 2.75) is 32.0 Å². The fourth-order valence-electron chi connectivity index (χ4n) is 1.33. The van der Waals surface area contributed by atoms with Gasteiger partial charge in [-0.2, -0.15) is 0 Å². The maximum Gasteiger partial charge on any atom is 0.227 e. The summed E-state index contributed by atoms with van der Waals surface area (Å²) >= 11 is 0. The number of hydrogen-bond acceptors (Lipinski definition) is 3. The quantitative estimate of drug-likeness (QED) is 0.723. The van der Waals surface area contributed by atoms with E-state index in [1.54, 1.807) is 10.8 Å². The van der Waals surface area contributed by atoms with Crippen molar-refractivity contribution in [1.82, 2.24) is 9.55 Å². The zero-order valence-corrected chi connectivity index (χ0v) is 9.09. The first kappa shape index (κ1) is 10.2. The second kappa shape index (κ2) is 3.14. The van der Waals surface area contributed by atoms with Crippen molar-refractivity contribution in [3.63, 3.8) is 0 Å². The van der Waals surface area contributed by atoms with Crippen LogP contribution in [0.15, 0.2) is 11.4 Å². The minimum Gasteiger partial charge on any atom is -0.317 e. The smallest absolute Gasteiger partial charge is 0.227 e. The molecular weight excluding hydrogens is 188 g/mol. The molecule has 0 amide bonds. The molecule has 74 valence electrons. The summed E-state index contributed by atoms with van der Waals surface area (Å²) in [6.45, 7) is 5.72. The minimum absolute atomic E-state index is 0.118. The van der Waals surface area contributed by atoms with Gasteiger partial charge in [0.1, 0.15) is 0 Å². The minimum atomic E-state index is -3.21. The summed E-state index contributed by atoms with van der Waals surface area (Å²) in [4.78, 5) is 3.88. The predicted molar refractivity (Wildman–Crippen MR) is 50.5 cm³/mol. The molecule has 0 aliphatic carbocycles. The summed E-state index contributed by atoms with van der Waals surface area (Å²) in [5, 5.41) is 0.153. The molecule has 13 heavy (non-hydrogen) atoms. The van der Waals surface area contributed by atoms with Gasteiger partial charge in [-0.25, -0.2) is 13.4 Å². The van der Waals surface area contributed by atoms with Crippen LogP contribution in [0.1, 0.15) is 25.6 Å². The van der Waals surface area contributed by atoms with Crippen LogP contribution in [0.25, 0.3) is 0 Å². The summed E-state index contributed by atoms with van der Waals surface area (Å²) in [6.07, 6.45) is 2.75. The van der Waals surface area contributed by atoms with Crippen molar-refractivity contribution in [3.05, 3.63) is 11.9 Å². The van der Waals surface area contributed by atoms with Gasteiger partial charge in [0, 0.05) is 24.2 Å². The Kier molecular flexibility index (Phi) is 2.47. The van der Waals surface area contributed by atoms with Crippen LogP contribution in [0, 0.1) is 6.92 Å². The lowest BCUT2D eigenvalue weighted by Crippen LogP contribution is -2.12. The standard InChI is InChI=1S/C8H14N2O2S/c1-6(2)10-7(3)5-9-8(10)13(4,11)12/h5-6H,1-4H3. The van der Waals surface area contributed by atoms with Crippen molar-refractivity contribution in [3.8, 4) is 0 Å². The molecule has 0 atom stereocenters. The topological polar surface area (TPSA) is 52.0 Å². The van der Waals surface area contributed by atoms with Crippen LogP contribution in [0.2, 0.25) is 0 Å². The Labute approximate surface area is 78.5 Å². The second-order valence-electron chi connectivity index (χ2n) is 3.42. The third-order valence-corrected chi connectivity index (χ3v) is 2.76. The van der Waals surface area contributed by atoms with E-state index >= 15 is 0 Å². The molecule has 0 unspecified atom stereocenters. The van der Waals surface area contributed by atoms with Crippen molar-refractivity contribution in [1.29, 1.82) is 0 Å². The third kappa shape index (κ3) is 1.91. The first-order valence-electron chi connectivity index (χ1n) is 4.08. The van der Waals surface area contributed by atoms with E-state index in [-0.39, 0.29) is 11.2 Å². The number of sulfone groups is 1. The molecule has 1 rings (SSSR count). The number of imidazole rings is 1. The number of hydrogen-bond donors (Lipinski definition) is 0. The molecule has 4 nitrogen and oxygen atoms in total. The molecule has 0 bridgehead atoms. The number of aryl methyl sites for hydroxylation is 1. The van der Waals surface area contributed by atoms with Crippen LogP contribution < -0.4 is 0 Å². The van der Waals surface area contributed by atoms with Gasteiger partial charge in [-0.15, -0.1) is 0 Å². The average molecular weight is 202 g/mol. The van der Waals surface area contributed by atoms with E-state index in [4.69, 9.17) is 0 Å². The van der Waals surface area contributed by atoms with Gasteiger partial charge in [0.05, 0.1) is 0 Å². The first-order valence-corrected chi connectivity index (χ1v) is 5.97. The zero-order chi connectivity index (χ0) is 10.2. The largest absolute Gasteiger partial charge is 0.317 e. The SMILES string of the molecule is Cc1cnc(S(C)(=O)=O)n1C(C)C. The van der Waals surface area contributed by atoms with Crippen molar-refractivity contribution in [2.24, 2.45) is 0 Å². The van der Waals surface area contributed by atoms with Gasteiger partial charge in [-0.3, -0.25) is 0 Å². The average Bonchev–Trinajstić information content (AvgIpc) is 2.28. The van der Waals surface area contributed by atoms with Gasteiger partial charge in [0.25, 0.3) is 0 Å². The normalized spacial score (nSPS) is 12.4. The lowest BCUT2D eigenvalue weighted by molar-refractivity contribution is 0.513. The van der Waals surface area contributed by atoms with Gasteiger partial charge >= 0.3 is 0 Å². The monoisotopic (exact) mass is 202 g/mol. The molecule has 0 fully saturated rings.